The minimum absolute atomic E-state index is 0.187. The number of fused-ring (bicyclic) bond motifs is 1. The van der Waals surface area contributed by atoms with Gasteiger partial charge in [0.05, 0.1) is 25.5 Å². The van der Waals surface area contributed by atoms with E-state index in [-0.39, 0.29) is 18.7 Å². The van der Waals surface area contributed by atoms with E-state index in [0.717, 1.165) is 33.4 Å². The predicted octanol–water partition coefficient (Wildman–Crippen LogP) is 2.13. The topological polar surface area (TPSA) is 105 Å². The summed E-state index contributed by atoms with van der Waals surface area (Å²) in [6, 6.07) is 7.54. The summed E-state index contributed by atoms with van der Waals surface area (Å²) in [5, 5.41) is 23.1. The van der Waals surface area contributed by atoms with Crippen LogP contribution in [0.2, 0.25) is 0 Å². The van der Waals surface area contributed by atoms with Gasteiger partial charge in [0.2, 0.25) is 5.91 Å². The van der Waals surface area contributed by atoms with Crippen LogP contribution in [0, 0.1) is 13.8 Å². The Morgan fingerprint density at radius 3 is 2.72 bits per heavy atom. The van der Waals surface area contributed by atoms with Crippen LogP contribution in [-0.4, -0.2) is 41.1 Å². The third-order valence-electron chi connectivity index (χ3n) is 5.13. The molecule has 0 aliphatic carbocycles. The third kappa shape index (κ3) is 4.96. The van der Waals surface area contributed by atoms with Crippen LogP contribution < -0.4 is 10.1 Å². The normalized spacial score (nSPS) is 12.0. The van der Waals surface area contributed by atoms with Crippen LogP contribution in [0.25, 0.3) is 11.0 Å². The molecule has 0 aliphatic rings. The van der Waals surface area contributed by atoms with Gasteiger partial charge in [-0.1, -0.05) is 12.1 Å². The average molecular weight is 396 g/mol. The van der Waals surface area contributed by atoms with Crippen LogP contribution in [0.5, 0.6) is 5.75 Å². The third-order valence-corrected chi connectivity index (χ3v) is 5.13. The van der Waals surface area contributed by atoms with Gasteiger partial charge >= 0.3 is 7.12 Å². The second kappa shape index (κ2) is 9.11. The molecule has 1 unspecified atom stereocenters. The molecule has 1 aromatic carbocycles. The Bertz CT molecular complexity index is 985. The van der Waals surface area contributed by atoms with Crippen molar-refractivity contribution >= 4 is 24.0 Å². The first-order valence-electron chi connectivity index (χ1n) is 9.49. The molecule has 0 bridgehead atoms. The molecule has 7 nitrogen and oxygen atoms in total. The summed E-state index contributed by atoms with van der Waals surface area (Å²) in [4.78, 5) is 16.6. The number of nitrogens with one attached hydrogen (secondary N) is 1. The zero-order chi connectivity index (χ0) is 21.0. The number of benzene rings is 1. The highest BCUT2D eigenvalue weighted by molar-refractivity contribution is 6.43. The predicted molar refractivity (Wildman–Crippen MR) is 111 cm³/mol. The van der Waals surface area contributed by atoms with Crippen LogP contribution in [0.4, 0.5) is 0 Å². The number of amides is 1. The minimum atomic E-state index is -1.69. The van der Waals surface area contributed by atoms with E-state index in [2.05, 4.69) is 10.3 Å². The highest BCUT2D eigenvalue weighted by atomic mass is 16.5. The quantitative estimate of drug-likeness (QED) is 0.504. The number of furan rings is 1. The van der Waals surface area contributed by atoms with Crippen molar-refractivity contribution < 1.29 is 24.0 Å². The van der Waals surface area contributed by atoms with Crippen LogP contribution in [0.15, 0.2) is 41.1 Å². The second-order valence-electron chi connectivity index (χ2n) is 7.13. The number of aromatic nitrogens is 1. The molecule has 0 radical (unpaired) electrons. The van der Waals surface area contributed by atoms with Gasteiger partial charge in [-0.3, -0.25) is 9.78 Å². The maximum Gasteiger partial charge on any atom is 0.475 e. The van der Waals surface area contributed by atoms with Crippen molar-refractivity contribution in [3.8, 4) is 5.75 Å². The second-order valence-corrected chi connectivity index (χ2v) is 7.13. The summed E-state index contributed by atoms with van der Waals surface area (Å²) in [6.07, 6.45) is 4.09. The monoisotopic (exact) mass is 396 g/mol. The van der Waals surface area contributed by atoms with Gasteiger partial charge in [-0.2, -0.15) is 0 Å². The van der Waals surface area contributed by atoms with Crippen molar-refractivity contribution in [2.24, 2.45) is 0 Å². The smallest absolute Gasteiger partial charge is 0.475 e. The number of hydrogen-bond donors (Lipinski definition) is 3. The first kappa shape index (κ1) is 20.9. The van der Waals surface area contributed by atoms with Crippen LogP contribution in [0.3, 0.4) is 0 Å². The minimum Gasteiger partial charge on any atom is -0.495 e. The fourth-order valence-electron chi connectivity index (χ4n) is 3.21. The number of methoxy groups -OCH3 is 1. The number of carbonyl (C=O) groups excluding carboxylic acids is 1. The summed E-state index contributed by atoms with van der Waals surface area (Å²) in [6.45, 7) is 3.99. The van der Waals surface area contributed by atoms with Gasteiger partial charge in [-0.05, 0) is 55.5 Å². The summed E-state index contributed by atoms with van der Waals surface area (Å²) >= 11 is 0. The van der Waals surface area contributed by atoms with Crippen LogP contribution >= 0.6 is 0 Å². The van der Waals surface area contributed by atoms with Gasteiger partial charge in [0.25, 0.3) is 0 Å². The van der Waals surface area contributed by atoms with Gasteiger partial charge in [0, 0.05) is 17.5 Å². The molecule has 0 saturated carbocycles. The lowest BCUT2D eigenvalue weighted by atomic mass is 9.75. The summed E-state index contributed by atoms with van der Waals surface area (Å²) < 4.78 is 10.7. The number of pyridine rings is 1. The van der Waals surface area contributed by atoms with Crippen molar-refractivity contribution in [2.75, 3.05) is 7.11 Å². The molecular formula is C21H25BN2O5. The Kier molecular flexibility index (Phi) is 6.56. The summed E-state index contributed by atoms with van der Waals surface area (Å²) in [7, 11) is -0.120. The molecule has 0 fully saturated rings. The van der Waals surface area contributed by atoms with Crippen LogP contribution in [0.1, 0.15) is 28.8 Å². The number of rotatable bonds is 8. The number of aryl methyl sites for hydroxylation is 3. The van der Waals surface area contributed by atoms with E-state index >= 15 is 0 Å². The SMILES string of the molecule is COc1ccc(CCC(=O)NC(Cc2coc3c(C)c(C)ccc23)B(O)O)nc1. The Labute approximate surface area is 169 Å². The molecule has 3 rings (SSSR count). The molecule has 0 spiro atoms. The van der Waals surface area contributed by atoms with E-state index in [0.29, 0.717) is 12.2 Å². The van der Waals surface area contributed by atoms with E-state index in [1.165, 1.54) is 0 Å². The van der Waals surface area contributed by atoms with E-state index in [1.807, 2.05) is 26.0 Å². The maximum atomic E-state index is 12.3. The number of carbonyl (C=O) groups is 1. The lowest BCUT2D eigenvalue weighted by molar-refractivity contribution is -0.121. The summed E-state index contributed by atoms with van der Waals surface area (Å²) in [5.41, 5.74) is 4.53. The Balaban J connectivity index is 1.64. The highest BCUT2D eigenvalue weighted by Gasteiger charge is 2.27. The van der Waals surface area contributed by atoms with Gasteiger partial charge in [-0.25, -0.2) is 0 Å². The van der Waals surface area contributed by atoms with E-state index in [9.17, 15) is 14.8 Å². The number of hydrogen-bond acceptors (Lipinski definition) is 6. The fraction of sp³-hybridized carbons (Fsp3) is 0.333. The van der Waals surface area contributed by atoms with Gasteiger partial charge in [0.15, 0.2) is 0 Å². The van der Waals surface area contributed by atoms with Gasteiger partial charge < -0.3 is 24.5 Å². The molecule has 152 valence electrons. The van der Waals surface area contributed by atoms with E-state index in [1.54, 1.807) is 31.7 Å². The molecule has 2 aromatic heterocycles. The number of ether oxygens (including phenoxy) is 1. The molecule has 1 amide bonds. The Hall–Kier alpha value is -2.84. The van der Waals surface area contributed by atoms with Crippen LogP contribution in [-0.2, 0) is 17.6 Å². The average Bonchev–Trinajstić information content (AvgIpc) is 3.12. The molecule has 3 N–H and O–H groups in total. The van der Waals surface area contributed by atoms with E-state index in [4.69, 9.17) is 9.15 Å². The van der Waals surface area contributed by atoms with Gasteiger partial charge in [0.1, 0.15) is 11.3 Å². The Morgan fingerprint density at radius 1 is 1.28 bits per heavy atom. The Morgan fingerprint density at radius 2 is 2.07 bits per heavy atom. The van der Waals surface area contributed by atoms with Gasteiger partial charge in [-0.15, -0.1) is 0 Å². The zero-order valence-electron chi connectivity index (χ0n) is 16.8. The largest absolute Gasteiger partial charge is 0.495 e. The highest BCUT2D eigenvalue weighted by Crippen LogP contribution is 2.27. The molecule has 29 heavy (non-hydrogen) atoms. The zero-order valence-corrected chi connectivity index (χ0v) is 16.8. The maximum absolute atomic E-state index is 12.3. The lowest BCUT2D eigenvalue weighted by Crippen LogP contribution is -2.47. The molecule has 1 atom stereocenters. The number of nitrogens with zero attached hydrogens (tertiary/aromatic N) is 1. The fourth-order valence-corrected chi connectivity index (χ4v) is 3.21. The molecule has 3 aromatic rings. The first-order valence-corrected chi connectivity index (χ1v) is 9.49. The van der Waals surface area contributed by atoms with Crippen molar-refractivity contribution in [3.05, 3.63) is 59.1 Å². The molecule has 0 aliphatic heterocycles. The van der Waals surface area contributed by atoms with Crippen molar-refractivity contribution in [1.82, 2.24) is 10.3 Å². The molecule has 2 heterocycles. The molecule has 0 saturated heterocycles. The van der Waals surface area contributed by atoms with Crippen molar-refractivity contribution in [2.45, 2.75) is 39.1 Å². The van der Waals surface area contributed by atoms with Crippen molar-refractivity contribution in [1.29, 1.82) is 0 Å². The lowest BCUT2D eigenvalue weighted by Gasteiger charge is -2.17. The van der Waals surface area contributed by atoms with Crippen molar-refractivity contribution in [3.63, 3.8) is 0 Å². The van der Waals surface area contributed by atoms with E-state index < -0.39 is 13.1 Å². The standard InChI is InChI=1S/C21H25BN2O5/c1-13-4-8-18-15(12-29-21(18)14(13)2)10-19(22(26)27)24-20(25)9-6-16-5-7-17(28-3)11-23-16/h4-5,7-8,11-12,19,26-27H,6,9-10H2,1-3H3,(H,24,25). The first-order chi connectivity index (χ1) is 13.9. The molecule has 8 heteroatoms. The summed E-state index contributed by atoms with van der Waals surface area (Å²) in [5.74, 6) is -0.464. The molecular weight excluding hydrogens is 371 g/mol.